The first-order valence-corrected chi connectivity index (χ1v) is 7.08. The Bertz CT molecular complexity index is 611. The molecule has 0 saturated carbocycles. The number of morpholine rings is 1. The molecule has 0 bridgehead atoms. The molecule has 22 heavy (non-hydrogen) atoms. The minimum Gasteiger partial charge on any atom is -0.373 e. The Balaban J connectivity index is 1.86. The van der Waals surface area contributed by atoms with Gasteiger partial charge in [0.05, 0.1) is 35.9 Å². The van der Waals surface area contributed by atoms with Crippen molar-refractivity contribution in [2.45, 2.75) is 18.3 Å². The van der Waals surface area contributed by atoms with Gasteiger partial charge in [-0.2, -0.15) is 18.4 Å². The molecule has 2 aliphatic heterocycles. The number of anilines is 1. The molecule has 0 aliphatic carbocycles. The molecule has 2 fully saturated rings. The zero-order chi connectivity index (χ0) is 15.9. The standard InChI is InChI=1S/C15H16F3N3O/c1-20-4-5-22-14-9-21(8-13(14)20)11-2-3-12(15(16,17)18)10(6-11)7-19/h2-3,6,13-14H,4-5,8-9H2,1H3/t13-,14+/m0/s1. The highest BCUT2D eigenvalue weighted by atomic mass is 19.4. The Morgan fingerprint density at radius 3 is 2.73 bits per heavy atom. The van der Waals surface area contributed by atoms with Crippen molar-refractivity contribution in [3.05, 3.63) is 29.3 Å². The summed E-state index contributed by atoms with van der Waals surface area (Å²) < 4.78 is 44.3. The van der Waals surface area contributed by atoms with Crippen LogP contribution in [-0.2, 0) is 10.9 Å². The van der Waals surface area contributed by atoms with Crippen LogP contribution in [0.3, 0.4) is 0 Å². The number of ether oxygens (including phenoxy) is 1. The van der Waals surface area contributed by atoms with Gasteiger partial charge in [0.25, 0.3) is 0 Å². The molecular formula is C15H16F3N3O. The van der Waals surface area contributed by atoms with Crippen LogP contribution in [0.25, 0.3) is 0 Å². The van der Waals surface area contributed by atoms with Gasteiger partial charge in [0.15, 0.2) is 0 Å². The lowest BCUT2D eigenvalue weighted by atomic mass is 10.1. The first-order chi connectivity index (χ1) is 10.4. The normalized spacial score (nSPS) is 25.9. The Kier molecular flexibility index (Phi) is 3.75. The average Bonchev–Trinajstić information content (AvgIpc) is 2.91. The summed E-state index contributed by atoms with van der Waals surface area (Å²) >= 11 is 0. The van der Waals surface area contributed by atoms with Crippen LogP contribution in [-0.4, -0.2) is 50.3 Å². The molecule has 2 heterocycles. The molecule has 1 aromatic rings. The van der Waals surface area contributed by atoms with Crippen LogP contribution < -0.4 is 4.90 Å². The number of fused-ring (bicyclic) bond motifs is 1. The topological polar surface area (TPSA) is 39.5 Å². The van der Waals surface area contributed by atoms with Crippen molar-refractivity contribution in [3.8, 4) is 6.07 Å². The summed E-state index contributed by atoms with van der Waals surface area (Å²) in [6.07, 6.45) is -4.45. The van der Waals surface area contributed by atoms with E-state index in [1.165, 1.54) is 12.1 Å². The summed E-state index contributed by atoms with van der Waals surface area (Å²) in [6, 6.07) is 5.62. The predicted molar refractivity (Wildman–Crippen MR) is 74.5 cm³/mol. The second kappa shape index (κ2) is 5.45. The monoisotopic (exact) mass is 311 g/mol. The maximum atomic E-state index is 12.8. The second-order valence-corrected chi connectivity index (χ2v) is 5.70. The first-order valence-electron chi connectivity index (χ1n) is 7.08. The van der Waals surface area contributed by atoms with E-state index in [0.29, 0.717) is 25.4 Å². The number of nitrogens with zero attached hydrogens (tertiary/aromatic N) is 3. The van der Waals surface area contributed by atoms with Gasteiger partial charge >= 0.3 is 6.18 Å². The minimum atomic E-state index is -4.51. The largest absolute Gasteiger partial charge is 0.417 e. The van der Waals surface area contributed by atoms with Gasteiger partial charge in [0, 0.05) is 25.3 Å². The van der Waals surface area contributed by atoms with Crippen molar-refractivity contribution in [2.75, 3.05) is 38.2 Å². The third-order valence-electron chi connectivity index (χ3n) is 4.37. The van der Waals surface area contributed by atoms with E-state index in [0.717, 1.165) is 12.6 Å². The summed E-state index contributed by atoms with van der Waals surface area (Å²) in [7, 11) is 2.02. The smallest absolute Gasteiger partial charge is 0.373 e. The van der Waals surface area contributed by atoms with Crippen LogP contribution >= 0.6 is 0 Å². The number of hydrogen-bond acceptors (Lipinski definition) is 4. The lowest BCUT2D eigenvalue weighted by molar-refractivity contribution is -0.137. The van der Waals surface area contributed by atoms with Crippen LogP contribution in [0.4, 0.5) is 18.9 Å². The van der Waals surface area contributed by atoms with Crippen molar-refractivity contribution in [1.82, 2.24) is 4.90 Å². The van der Waals surface area contributed by atoms with Crippen LogP contribution in [0.1, 0.15) is 11.1 Å². The number of rotatable bonds is 1. The van der Waals surface area contributed by atoms with Crippen LogP contribution in [0.5, 0.6) is 0 Å². The fraction of sp³-hybridized carbons (Fsp3) is 0.533. The first kappa shape index (κ1) is 15.1. The van der Waals surface area contributed by atoms with Gasteiger partial charge in [-0.05, 0) is 25.2 Å². The van der Waals surface area contributed by atoms with E-state index in [2.05, 4.69) is 4.90 Å². The summed E-state index contributed by atoms with van der Waals surface area (Å²) in [5.41, 5.74) is -0.589. The van der Waals surface area contributed by atoms with Gasteiger partial charge in [-0.3, -0.25) is 4.90 Å². The zero-order valence-electron chi connectivity index (χ0n) is 12.1. The van der Waals surface area contributed by atoms with E-state index in [1.54, 1.807) is 6.07 Å². The molecule has 0 amide bonds. The lowest BCUT2D eigenvalue weighted by Gasteiger charge is -2.33. The van der Waals surface area contributed by atoms with Crippen molar-refractivity contribution in [1.29, 1.82) is 5.26 Å². The van der Waals surface area contributed by atoms with Crippen molar-refractivity contribution >= 4 is 5.69 Å². The van der Waals surface area contributed by atoms with Gasteiger partial charge < -0.3 is 9.64 Å². The Morgan fingerprint density at radius 2 is 2.09 bits per heavy atom. The summed E-state index contributed by atoms with van der Waals surface area (Å²) in [4.78, 5) is 4.20. The van der Waals surface area contributed by atoms with E-state index < -0.39 is 11.7 Å². The molecule has 0 aromatic heterocycles. The summed E-state index contributed by atoms with van der Waals surface area (Å²) in [6.45, 7) is 2.84. The molecule has 4 nitrogen and oxygen atoms in total. The molecular weight excluding hydrogens is 295 g/mol. The van der Waals surface area contributed by atoms with E-state index in [-0.39, 0.29) is 17.7 Å². The van der Waals surface area contributed by atoms with Gasteiger partial charge in [-0.15, -0.1) is 0 Å². The van der Waals surface area contributed by atoms with Crippen molar-refractivity contribution in [2.24, 2.45) is 0 Å². The molecule has 0 N–H and O–H groups in total. The highest BCUT2D eigenvalue weighted by Gasteiger charge is 2.39. The molecule has 0 spiro atoms. The third-order valence-corrected chi connectivity index (χ3v) is 4.37. The van der Waals surface area contributed by atoms with Gasteiger partial charge in [-0.25, -0.2) is 0 Å². The fourth-order valence-corrected chi connectivity index (χ4v) is 3.14. The minimum absolute atomic E-state index is 0.0616. The SMILES string of the molecule is CN1CCO[C@@H]2CN(c3ccc(C(F)(F)F)c(C#N)c3)C[C@@H]21. The fourth-order valence-electron chi connectivity index (χ4n) is 3.14. The van der Waals surface area contributed by atoms with Crippen LogP contribution in [0.2, 0.25) is 0 Å². The molecule has 2 atom stereocenters. The molecule has 2 saturated heterocycles. The summed E-state index contributed by atoms with van der Waals surface area (Å²) in [5, 5.41) is 9.00. The maximum absolute atomic E-state index is 12.8. The predicted octanol–water partition coefficient (Wildman–Crippen LogP) is 2.10. The van der Waals surface area contributed by atoms with Gasteiger partial charge in [-0.1, -0.05) is 0 Å². The quantitative estimate of drug-likeness (QED) is 0.796. The highest BCUT2D eigenvalue weighted by molar-refractivity contribution is 5.56. The third kappa shape index (κ3) is 2.64. The Hall–Kier alpha value is -1.78. The van der Waals surface area contributed by atoms with E-state index in [9.17, 15) is 13.2 Å². The average molecular weight is 311 g/mol. The number of benzene rings is 1. The second-order valence-electron chi connectivity index (χ2n) is 5.70. The molecule has 2 aliphatic rings. The lowest BCUT2D eigenvalue weighted by Crippen LogP contribution is -2.48. The van der Waals surface area contributed by atoms with Crippen molar-refractivity contribution in [3.63, 3.8) is 0 Å². The Morgan fingerprint density at radius 1 is 1.32 bits per heavy atom. The number of halogens is 3. The van der Waals surface area contributed by atoms with Crippen molar-refractivity contribution < 1.29 is 17.9 Å². The van der Waals surface area contributed by atoms with E-state index in [1.807, 2.05) is 11.9 Å². The summed E-state index contributed by atoms with van der Waals surface area (Å²) in [5.74, 6) is 0. The molecule has 0 radical (unpaired) electrons. The molecule has 1 aromatic carbocycles. The highest BCUT2D eigenvalue weighted by Crippen LogP contribution is 2.35. The Labute approximate surface area is 126 Å². The zero-order valence-corrected chi connectivity index (χ0v) is 12.1. The number of nitriles is 1. The number of hydrogen-bond donors (Lipinski definition) is 0. The number of likely N-dealkylation sites (N-methyl/N-ethyl adjacent to an activating group) is 1. The molecule has 118 valence electrons. The van der Waals surface area contributed by atoms with Gasteiger partial charge in [0.1, 0.15) is 0 Å². The van der Waals surface area contributed by atoms with E-state index >= 15 is 0 Å². The van der Waals surface area contributed by atoms with Crippen LogP contribution in [0, 0.1) is 11.3 Å². The molecule has 0 unspecified atom stereocenters. The van der Waals surface area contributed by atoms with Gasteiger partial charge in [0.2, 0.25) is 0 Å². The molecule has 7 heteroatoms. The maximum Gasteiger partial charge on any atom is 0.417 e. The van der Waals surface area contributed by atoms with E-state index in [4.69, 9.17) is 10.00 Å². The van der Waals surface area contributed by atoms with Crippen LogP contribution in [0.15, 0.2) is 18.2 Å². The molecule has 3 rings (SSSR count). The number of alkyl halides is 3.